The fraction of sp³-hybridized carbons (Fsp3) is 0.250. The third-order valence-electron chi connectivity index (χ3n) is 3.09. The predicted octanol–water partition coefficient (Wildman–Crippen LogP) is 3.57. The molecular formula is C16H17F2NO2. The molecule has 0 aromatic heterocycles. The maximum Gasteiger partial charge on any atom is 0.159 e. The molecule has 0 aliphatic carbocycles. The molecule has 0 amide bonds. The molecule has 112 valence electrons. The van der Waals surface area contributed by atoms with Crippen LogP contribution in [0.25, 0.3) is 0 Å². The van der Waals surface area contributed by atoms with Crippen LogP contribution in [-0.2, 0) is 6.61 Å². The monoisotopic (exact) mass is 293 g/mol. The molecule has 0 fully saturated rings. The van der Waals surface area contributed by atoms with Crippen LogP contribution in [0.4, 0.5) is 8.78 Å². The summed E-state index contributed by atoms with van der Waals surface area (Å²) in [5, 5.41) is 0. The molecule has 0 saturated carbocycles. The van der Waals surface area contributed by atoms with Crippen molar-refractivity contribution in [3.8, 4) is 11.5 Å². The lowest BCUT2D eigenvalue weighted by atomic mass is 10.1. The van der Waals surface area contributed by atoms with Gasteiger partial charge in [-0.1, -0.05) is 12.1 Å². The molecule has 0 radical (unpaired) electrons. The van der Waals surface area contributed by atoms with Crippen LogP contribution in [0.3, 0.4) is 0 Å². The largest absolute Gasteiger partial charge is 0.497 e. The highest BCUT2D eigenvalue weighted by Crippen LogP contribution is 2.29. The van der Waals surface area contributed by atoms with E-state index in [1.165, 1.54) is 6.07 Å². The molecule has 0 spiro atoms. The van der Waals surface area contributed by atoms with Crippen molar-refractivity contribution >= 4 is 0 Å². The van der Waals surface area contributed by atoms with Crippen LogP contribution in [-0.4, -0.2) is 7.11 Å². The van der Waals surface area contributed by atoms with Crippen molar-refractivity contribution in [3.63, 3.8) is 0 Å². The summed E-state index contributed by atoms with van der Waals surface area (Å²) in [5.41, 5.74) is 7.24. The van der Waals surface area contributed by atoms with Crippen LogP contribution in [0, 0.1) is 11.6 Å². The molecule has 5 heteroatoms. The lowest BCUT2D eigenvalue weighted by Gasteiger charge is -2.15. The van der Waals surface area contributed by atoms with Gasteiger partial charge in [0.25, 0.3) is 0 Å². The normalized spacial score (nSPS) is 12.0. The minimum atomic E-state index is -0.894. The molecule has 0 aliphatic heterocycles. The number of nitrogens with two attached hydrogens (primary N) is 1. The minimum Gasteiger partial charge on any atom is -0.497 e. The summed E-state index contributed by atoms with van der Waals surface area (Å²) in [6.45, 7) is 1.95. The molecule has 0 heterocycles. The number of methoxy groups -OCH3 is 1. The third kappa shape index (κ3) is 3.70. The van der Waals surface area contributed by atoms with Crippen LogP contribution in [0.5, 0.6) is 11.5 Å². The zero-order chi connectivity index (χ0) is 15.4. The molecular weight excluding hydrogens is 276 g/mol. The Balaban J connectivity index is 2.19. The second-order valence-corrected chi connectivity index (χ2v) is 4.73. The van der Waals surface area contributed by atoms with Gasteiger partial charge in [-0.25, -0.2) is 8.78 Å². The third-order valence-corrected chi connectivity index (χ3v) is 3.09. The van der Waals surface area contributed by atoms with Gasteiger partial charge < -0.3 is 15.2 Å². The van der Waals surface area contributed by atoms with E-state index in [4.69, 9.17) is 15.2 Å². The van der Waals surface area contributed by atoms with E-state index in [-0.39, 0.29) is 12.6 Å². The fourth-order valence-electron chi connectivity index (χ4n) is 1.93. The van der Waals surface area contributed by atoms with E-state index in [0.717, 1.165) is 17.7 Å². The Morgan fingerprint density at radius 1 is 1.10 bits per heavy atom. The summed E-state index contributed by atoms with van der Waals surface area (Å²) in [6.07, 6.45) is 0. The summed E-state index contributed by atoms with van der Waals surface area (Å²) in [4.78, 5) is 0. The first-order valence-corrected chi connectivity index (χ1v) is 6.51. The SMILES string of the molecule is COc1ccc(C(C)N)c(OCc2ccc(F)c(F)c2)c1. The standard InChI is InChI=1S/C16H17F2NO2/c1-10(19)13-5-4-12(20-2)8-16(13)21-9-11-3-6-14(17)15(18)7-11/h3-8,10H,9,19H2,1-2H3. The Kier molecular flexibility index (Phi) is 4.75. The van der Waals surface area contributed by atoms with E-state index < -0.39 is 11.6 Å². The number of rotatable bonds is 5. The number of halogens is 2. The van der Waals surface area contributed by atoms with Crippen LogP contribution < -0.4 is 15.2 Å². The van der Waals surface area contributed by atoms with E-state index >= 15 is 0 Å². The molecule has 3 nitrogen and oxygen atoms in total. The van der Waals surface area contributed by atoms with Gasteiger partial charge in [0.05, 0.1) is 7.11 Å². The van der Waals surface area contributed by atoms with E-state index in [0.29, 0.717) is 17.1 Å². The maximum atomic E-state index is 13.2. The maximum absolute atomic E-state index is 13.2. The zero-order valence-corrected chi connectivity index (χ0v) is 11.9. The molecule has 0 saturated heterocycles. The predicted molar refractivity (Wildman–Crippen MR) is 76.3 cm³/mol. The highest BCUT2D eigenvalue weighted by Gasteiger charge is 2.10. The van der Waals surface area contributed by atoms with Gasteiger partial charge in [-0.05, 0) is 30.7 Å². The summed E-state index contributed by atoms with van der Waals surface area (Å²) < 4.78 is 36.9. The summed E-state index contributed by atoms with van der Waals surface area (Å²) in [7, 11) is 1.56. The molecule has 2 aromatic carbocycles. The van der Waals surface area contributed by atoms with Crippen molar-refractivity contribution in [2.45, 2.75) is 19.6 Å². The van der Waals surface area contributed by atoms with E-state index in [1.54, 1.807) is 19.2 Å². The average Bonchev–Trinajstić information content (AvgIpc) is 2.48. The quantitative estimate of drug-likeness (QED) is 0.916. The Morgan fingerprint density at radius 2 is 1.86 bits per heavy atom. The van der Waals surface area contributed by atoms with Crippen molar-refractivity contribution in [2.75, 3.05) is 7.11 Å². The van der Waals surface area contributed by atoms with Gasteiger partial charge in [0, 0.05) is 17.7 Å². The number of ether oxygens (including phenoxy) is 2. The van der Waals surface area contributed by atoms with Crippen molar-refractivity contribution in [3.05, 3.63) is 59.2 Å². The first-order chi connectivity index (χ1) is 10.0. The van der Waals surface area contributed by atoms with Gasteiger partial charge in [-0.3, -0.25) is 0 Å². The van der Waals surface area contributed by atoms with Gasteiger partial charge in [-0.2, -0.15) is 0 Å². The second kappa shape index (κ2) is 6.54. The van der Waals surface area contributed by atoms with Gasteiger partial charge in [0.15, 0.2) is 11.6 Å². The molecule has 21 heavy (non-hydrogen) atoms. The molecule has 1 atom stereocenters. The van der Waals surface area contributed by atoms with Gasteiger partial charge in [0.1, 0.15) is 18.1 Å². The van der Waals surface area contributed by atoms with Gasteiger partial charge in [0.2, 0.25) is 0 Å². The molecule has 2 N–H and O–H groups in total. The second-order valence-electron chi connectivity index (χ2n) is 4.73. The first kappa shape index (κ1) is 15.3. The lowest BCUT2D eigenvalue weighted by Crippen LogP contribution is -2.08. The fourth-order valence-corrected chi connectivity index (χ4v) is 1.93. The van der Waals surface area contributed by atoms with Crippen molar-refractivity contribution in [1.82, 2.24) is 0 Å². The van der Waals surface area contributed by atoms with E-state index in [9.17, 15) is 8.78 Å². The Bertz CT molecular complexity index is 630. The summed E-state index contributed by atoms with van der Waals surface area (Å²) >= 11 is 0. The zero-order valence-electron chi connectivity index (χ0n) is 11.9. The summed E-state index contributed by atoms with van der Waals surface area (Å²) in [5.74, 6) is -0.570. The Labute approximate surface area is 122 Å². The van der Waals surface area contributed by atoms with Crippen LogP contribution in [0.1, 0.15) is 24.1 Å². The Morgan fingerprint density at radius 3 is 2.48 bits per heavy atom. The Hall–Kier alpha value is -2.14. The smallest absolute Gasteiger partial charge is 0.159 e. The first-order valence-electron chi connectivity index (χ1n) is 6.51. The number of benzene rings is 2. The van der Waals surface area contributed by atoms with Crippen LogP contribution in [0.2, 0.25) is 0 Å². The topological polar surface area (TPSA) is 44.5 Å². The van der Waals surface area contributed by atoms with Crippen molar-refractivity contribution in [2.24, 2.45) is 5.73 Å². The van der Waals surface area contributed by atoms with Crippen LogP contribution >= 0.6 is 0 Å². The minimum absolute atomic E-state index is 0.115. The van der Waals surface area contributed by atoms with Crippen molar-refractivity contribution in [1.29, 1.82) is 0 Å². The number of hydrogen-bond acceptors (Lipinski definition) is 3. The molecule has 2 aromatic rings. The molecule has 2 rings (SSSR count). The van der Waals surface area contributed by atoms with Crippen molar-refractivity contribution < 1.29 is 18.3 Å². The molecule has 1 unspecified atom stereocenters. The molecule has 0 bridgehead atoms. The number of hydrogen-bond donors (Lipinski definition) is 1. The van der Waals surface area contributed by atoms with Gasteiger partial charge >= 0.3 is 0 Å². The molecule has 0 aliphatic rings. The van der Waals surface area contributed by atoms with Crippen LogP contribution in [0.15, 0.2) is 36.4 Å². The summed E-state index contributed by atoms with van der Waals surface area (Å²) in [6, 6.07) is 8.79. The van der Waals surface area contributed by atoms with Gasteiger partial charge in [-0.15, -0.1) is 0 Å². The van der Waals surface area contributed by atoms with E-state index in [1.807, 2.05) is 13.0 Å². The average molecular weight is 293 g/mol. The van der Waals surface area contributed by atoms with E-state index in [2.05, 4.69) is 0 Å². The highest BCUT2D eigenvalue weighted by molar-refractivity contribution is 5.42. The lowest BCUT2D eigenvalue weighted by molar-refractivity contribution is 0.298. The highest BCUT2D eigenvalue weighted by atomic mass is 19.2.